The number of carbonyl (C=O) groups is 1. The summed E-state index contributed by atoms with van der Waals surface area (Å²) >= 11 is 1.30. The van der Waals surface area contributed by atoms with Gasteiger partial charge in [0, 0.05) is 5.75 Å². The number of thiocyanates is 1. The number of esters is 1. The lowest BCUT2D eigenvalue weighted by molar-refractivity contribution is -0.147. The highest BCUT2D eigenvalue weighted by Gasteiger charge is 2.06. The highest BCUT2D eigenvalue weighted by molar-refractivity contribution is 8.03. The summed E-state index contributed by atoms with van der Waals surface area (Å²) in [6.07, 6.45) is 4.16. The molecule has 15 heavy (non-hydrogen) atoms. The second-order valence-corrected chi connectivity index (χ2v) is 4.56. The van der Waals surface area contributed by atoms with Crippen molar-refractivity contribution >= 4 is 17.7 Å². The summed E-state index contributed by atoms with van der Waals surface area (Å²) in [5, 5.41) is 10.3. The molecule has 0 aliphatic rings. The normalized spacial score (nSPS) is 10.0. The molecule has 0 radical (unpaired) electrons. The minimum absolute atomic E-state index is 0.0305. The lowest BCUT2D eigenvalue weighted by atomic mass is 10.2. The van der Waals surface area contributed by atoms with Gasteiger partial charge >= 0.3 is 5.97 Å². The lowest BCUT2D eigenvalue weighted by Gasteiger charge is -2.06. The number of ether oxygens (including phenoxy) is 1. The minimum Gasteiger partial charge on any atom is -0.465 e. The van der Waals surface area contributed by atoms with Crippen LogP contribution in [-0.2, 0) is 9.53 Å². The lowest BCUT2D eigenvalue weighted by Crippen LogP contribution is -2.12. The first-order valence-corrected chi connectivity index (χ1v) is 6.34. The third-order valence-corrected chi connectivity index (χ3v) is 2.54. The maximum absolute atomic E-state index is 11.1. The maximum atomic E-state index is 11.1. The molecule has 0 heterocycles. The molecule has 0 unspecified atom stereocenters. The number of nitrogens with zero attached hydrogens (tertiary/aromatic N) is 1. The number of rotatable bonds is 8. The van der Waals surface area contributed by atoms with E-state index in [1.165, 1.54) is 11.8 Å². The van der Waals surface area contributed by atoms with Crippen LogP contribution >= 0.6 is 11.8 Å². The third-order valence-electron chi connectivity index (χ3n) is 1.92. The van der Waals surface area contributed by atoms with E-state index in [-0.39, 0.29) is 11.9 Å². The zero-order valence-corrected chi connectivity index (χ0v) is 10.3. The van der Waals surface area contributed by atoms with Crippen molar-refractivity contribution in [2.75, 3.05) is 12.4 Å². The molecule has 0 aromatic heterocycles. The van der Waals surface area contributed by atoms with Gasteiger partial charge in [0.1, 0.15) is 5.40 Å². The fourth-order valence-corrected chi connectivity index (χ4v) is 1.45. The van der Waals surface area contributed by atoms with Gasteiger partial charge in [0.05, 0.1) is 12.5 Å². The van der Waals surface area contributed by atoms with Gasteiger partial charge in [0.15, 0.2) is 0 Å². The molecule has 86 valence electrons. The first-order chi connectivity index (χ1) is 7.18. The summed E-state index contributed by atoms with van der Waals surface area (Å²) in [5.41, 5.74) is 0. The van der Waals surface area contributed by atoms with Gasteiger partial charge in [-0.05, 0) is 24.6 Å². The van der Waals surface area contributed by atoms with Gasteiger partial charge in [-0.15, -0.1) is 0 Å². The van der Waals surface area contributed by atoms with Crippen LogP contribution in [0.25, 0.3) is 0 Å². The molecule has 0 N–H and O–H groups in total. The van der Waals surface area contributed by atoms with Gasteiger partial charge < -0.3 is 4.74 Å². The molecule has 0 amide bonds. The van der Waals surface area contributed by atoms with E-state index >= 15 is 0 Å². The van der Waals surface area contributed by atoms with Gasteiger partial charge in [0.25, 0.3) is 0 Å². The van der Waals surface area contributed by atoms with Crippen LogP contribution in [0, 0.1) is 16.6 Å². The first-order valence-electron chi connectivity index (χ1n) is 5.36. The van der Waals surface area contributed by atoms with Crippen molar-refractivity contribution in [2.45, 2.75) is 39.5 Å². The summed E-state index contributed by atoms with van der Waals surface area (Å²) in [6, 6.07) is 0. The molecule has 0 fully saturated rings. The van der Waals surface area contributed by atoms with E-state index in [9.17, 15) is 4.79 Å². The highest BCUT2D eigenvalue weighted by Crippen LogP contribution is 2.06. The summed E-state index contributed by atoms with van der Waals surface area (Å²) < 4.78 is 5.03. The Morgan fingerprint density at radius 1 is 1.33 bits per heavy atom. The van der Waals surface area contributed by atoms with Crippen LogP contribution in [0.2, 0.25) is 0 Å². The minimum atomic E-state index is -0.116. The quantitative estimate of drug-likeness (QED) is 0.365. The van der Waals surface area contributed by atoms with Crippen molar-refractivity contribution in [1.29, 1.82) is 5.26 Å². The standard InChI is InChI=1S/C11H19NO2S/c1-10(2)11(13)14-7-5-3-4-6-8-15-9-12/h10H,3-8H2,1-2H3. The Labute approximate surface area is 96.2 Å². The molecule has 0 spiro atoms. The molecule has 0 saturated carbocycles. The molecule has 0 aliphatic heterocycles. The van der Waals surface area contributed by atoms with E-state index in [1.54, 1.807) is 0 Å². The molecular weight excluding hydrogens is 210 g/mol. The molecule has 0 atom stereocenters. The molecule has 4 heteroatoms. The molecule has 0 aromatic rings. The van der Waals surface area contributed by atoms with Crippen molar-refractivity contribution in [3.05, 3.63) is 0 Å². The zero-order valence-electron chi connectivity index (χ0n) is 9.49. The van der Waals surface area contributed by atoms with Crippen molar-refractivity contribution in [3.8, 4) is 5.40 Å². The Morgan fingerprint density at radius 2 is 2.00 bits per heavy atom. The Kier molecular flexibility index (Phi) is 9.40. The number of carbonyl (C=O) groups excluding carboxylic acids is 1. The summed E-state index contributed by atoms with van der Waals surface area (Å²) in [5.74, 6) is 0.759. The summed E-state index contributed by atoms with van der Waals surface area (Å²) in [4.78, 5) is 11.1. The molecule has 0 bridgehead atoms. The Hall–Kier alpha value is -0.690. The third kappa shape index (κ3) is 9.61. The Balaban J connectivity index is 3.12. The number of nitriles is 1. The van der Waals surface area contributed by atoms with Gasteiger partial charge in [-0.25, -0.2) is 0 Å². The number of hydrogen-bond acceptors (Lipinski definition) is 4. The largest absolute Gasteiger partial charge is 0.465 e. The van der Waals surface area contributed by atoms with Crippen LogP contribution in [0.3, 0.4) is 0 Å². The molecule has 0 rings (SSSR count). The summed E-state index contributed by atoms with van der Waals surface area (Å²) in [6.45, 7) is 4.20. The summed E-state index contributed by atoms with van der Waals surface area (Å²) in [7, 11) is 0. The van der Waals surface area contributed by atoms with Crippen LogP contribution in [0.5, 0.6) is 0 Å². The molecule has 0 aromatic carbocycles. The van der Waals surface area contributed by atoms with Crippen LogP contribution < -0.4 is 0 Å². The fraction of sp³-hybridized carbons (Fsp3) is 0.818. The SMILES string of the molecule is CC(C)C(=O)OCCCCCCSC#N. The smallest absolute Gasteiger partial charge is 0.308 e. The topological polar surface area (TPSA) is 50.1 Å². The first kappa shape index (κ1) is 14.3. The van der Waals surface area contributed by atoms with Gasteiger partial charge in [-0.2, -0.15) is 5.26 Å². The van der Waals surface area contributed by atoms with Gasteiger partial charge in [0.2, 0.25) is 0 Å². The van der Waals surface area contributed by atoms with Crippen LogP contribution in [0.1, 0.15) is 39.5 Å². The number of unbranched alkanes of at least 4 members (excludes halogenated alkanes) is 3. The van der Waals surface area contributed by atoms with E-state index < -0.39 is 0 Å². The zero-order chi connectivity index (χ0) is 11.5. The van der Waals surface area contributed by atoms with Crippen LogP contribution in [0.4, 0.5) is 0 Å². The Morgan fingerprint density at radius 3 is 2.60 bits per heavy atom. The van der Waals surface area contributed by atoms with Crippen molar-refractivity contribution in [2.24, 2.45) is 5.92 Å². The molecular formula is C11H19NO2S. The highest BCUT2D eigenvalue weighted by atomic mass is 32.2. The second kappa shape index (κ2) is 9.85. The van der Waals surface area contributed by atoms with Crippen molar-refractivity contribution in [3.63, 3.8) is 0 Å². The maximum Gasteiger partial charge on any atom is 0.308 e. The van der Waals surface area contributed by atoms with Crippen molar-refractivity contribution < 1.29 is 9.53 Å². The van der Waals surface area contributed by atoms with Gasteiger partial charge in [-0.3, -0.25) is 4.79 Å². The Bertz CT molecular complexity index is 211. The van der Waals surface area contributed by atoms with E-state index in [0.717, 1.165) is 31.4 Å². The predicted molar refractivity (Wildman–Crippen MR) is 62.3 cm³/mol. The second-order valence-electron chi connectivity index (χ2n) is 3.68. The molecule has 3 nitrogen and oxygen atoms in total. The predicted octanol–water partition coefficient (Wildman–Crippen LogP) is 2.96. The van der Waals surface area contributed by atoms with E-state index in [4.69, 9.17) is 10.00 Å². The van der Waals surface area contributed by atoms with Crippen LogP contribution in [-0.4, -0.2) is 18.3 Å². The monoisotopic (exact) mass is 229 g/mol. The number of thioether (sulfide) groups is 1. The number of hydrogen-bond donors (Lipinski definition) is 0. The molecule has 0 saturated heterocycles. The van der Waals surface area contributed by atoms with E-state index in [1.807, 2.05) is 19.2 Å². The van der Waals surface area contributed by atoms with E-state index in [0.29, 0.717) is 6.61 Å². The average molecular weight is 229 g/mol. The average Bonchev–Trinajstić information content (AvgIpc) is 2.21. The fourth-order valence-electron chi connectivity index (χ4n) is 1.01. The van der Waals surface area contributed by atoms with E-state index in [2.05, 4.69) is 0 Å². The van der Waals surface area contributed by atoms with Crippen molar-refractivity contribution in [1.82, 2.24) is 0 Å². The van der Waals surface area contributed by atoms with Gasteiger partial charge in [-0.1, -0.05) is 26.7 Å². The molecule has 0 aliphatic carbocycles. The van der Waals surface area contributed by atoms with Crippen LogP contribution in [0.15, 0.2) is 0 Å².